The number of halogens is 2. The number of rotatable bonds is 6. The Bertz CT molecular complexity index is 492. The summed E-state index contributed by atoms with van der Waals surface area (Å²) < 4.78 is 18.3. The molecule has 0 saturated heterocycles. The van der Waals surface area contributed by atoms with E-state index in [9.17, 15) is 9.18 Å². The molecule has 6 heteroatoms. The number of benzene rings is 1. The van der Waals surface area contributed by atoms with Gasteiger partial charge in [-0.05, 0) is 31.0 Å². The van der Waals surface area contributed by atoms with Crippen molar-refractivity contribution in [1.82, 2.24) is 4.90 Å². The van der Waals surface area contributed by atoms with Gasteiger partial charge in [0.25, 0.3) is 5.91 Å². The Balaban J connectivity index is 1.95. The SMILES string of the molecule is O=C(COc1ccc(F)cc1Cl)N(CCO)C1CCCC1. The fraction of sp³-hybridized carbons (Fsp3) is 0.533. The van der Waals surface area contributed by atoms with Crippen LogP contribution in [-0.2, 0) is 4.79 Å². The highest BCUT2D eigenvalue weighted by Crippen LogP contribution is 2.26. The average Bonchev–Trinajstić information content (AvgIpc) is 2.97. The fourth-order valence-electron chi connectivity index (χ4n) is 2.65. The molecule has 1 saturated carbocycles. The maximum Gasteiger partial charge on any atom is 0.260 e. The highest BCUT2D eigenvalue weighted by Gasteiger charge is 2.26. The summed E-state index contributed by atoms with van der Waals surface area (Å²) in [6.07, 6.45) is 4.13. The molecule has 1 fully saturated rings. The molecule has 1 aliphatic carbocycles. The van der Waals surface area contributed by atoms with E-state index in [2.05, 4.69) is 0 Å². The largest absolute Gasteiger partial charge is 0.482 e. The summed E-state index contributed by atoms with van der Waals surface area (Å²) in [4.78, 5) is 13.9. The molecule has 4 nitrogen and oxygen atoms in total. The molecule has 0 radical (unpaired) electrons. The quantitative estimate of drug-likeness (QED) is 0.878. The first kappa shape index (κ1) is 16.0. The van der Waals surface area contributed by atoms with Crippen molar-refractivity contribution in [3.8, 4) is 5.75 Å². The third-order valence-electron chi connectivity index (χ3n) is 3.67. The van der Waals surface area contributed by atoms with Gasteiger partial charge >= 0.3 is 0 Å². The third-order valence-corrected chi connectivity index (χ3v) is 3.97. The van der Waals surface area contributed by atoms with Gasteiger partial charge in [0.1, 0.15) is 11.6 Å². The smallest absolute Gasteiger partial charge is 0.260 e. The summed E-state index contributed by atoms with van der Waals surface area (Å²) in [7, 11) is 0. The number of amides is 1. The van der Waals surface area contributed by atoms with Gasteiger partial charge in [-0.1, -0.05) is 24.4 Å². The number of aliphatic hydroxyl groups is 1. The molecular weight excluding hydrogens is 297 g/mol. The van der Waals surface area contributed by atoms with Gasteiger partial charge in [-0.15, -0.1) is 0 Å². The second-order valence-corrected chi connectivity index (χ2v) is 5.52. The second-order valence-electron chi connectivity index (χ2n) is 5.11. The summed E-state index contributed by atoms with van der Waals surface area (Å²) in [6.45, 7) is 0.0748. The van der Waals surface area contributed by atoms with Crippen molar-refractivity contribution in [3.63, 3.8) is 0 Å². The van der Waals surface area contributed by atoms with Crippen molar-refractivity contribution in [2.45, 2.75) is 31.7 Å². The zero-order valence-electron chi connectivity index (χ0n) is 11.7. The lowest BCUT2D eigenvalue weighted by Gasteiger charge is -2.28. The Labute approximate surface area is 128 Å². The molecule has 0 aromatic heterocycles. The van der Waals surface area contributed by atoms with E-state index in [1.807, 2.05) is 0 Å². The highest BCUT2D eigenvalue weighted by molar-refractivity contribution is 6.32. The molecule has 0 heterocycles. The predicted octanol–water partition coefficient (Wildman–Crippen LogP) is 2.62. The van der Waals surface area contributed by atoms with Crippen LogP contribution in [0.3, 0.4) is 0 Å². The Kier molecular flexibility index (Phi) is 5.82. The first-order valence-electron chi connectivity index (χ1n) is 7.10. The van der Waals surface area contributed by atoms with E-state index in [1.54, 1.807) is 4.90 Å². The van der Waals surface area contributed by atoms with E-state index in [-0.39, 0.29) is 35.9 Å². The molecule has 2 rings (SSSR count). The van der Waals surface area contributed by atoms with Gasteiger partial charge in [0.15, 0.2) is 6.61 Å². The van der Waals surface area contributed by atoms with Crippen LogP contribution in [0.4, 0.5) is 4.39 Å². The molecule has 1 aromatic carbocycles. The van der Waals surface area contributed by atoms with Crippen molar-refractivity contribution in [2.75, 3.05) is 19.8 Å². The molecule has 0 aliphatic heterocycles. The summed E-state index contributed by atoms with van der Waals surface area (Å²) >= 11 is 5.85. The predicted molar refractivity (Wildman–Crippen MR) is 78.0 cm³/mol. The van der Waals surface area contributed by atoms with Crippen LogP contribution in [-0.4, -0.2) is 41.7 Å². The Hall–Kier alpha value is -1.33. The number of nitrogens with zero attached hydrogens (tertiary/aromatic N) is 1. The Morgan fingerprint density at radius 1 is 1.43 bits per heavy atom. The monoisotopic (exact) mass is 315 g/mol. The number of aliphatic hydroxyl groups excluding tert-OH is 1. The Morgan fingerprint density at radius 2 is 2.14 bits per heavy atom. The van der Waals surface area contributed by atoms with Crippen LogP contribution in [0.15, 0.2) is 18.2 Å². The van der Waals surface area contributed by atoms with Gasteiger partial charge in [-0.25, -0.2) is 4.39 Å². The third kappa shape index (κ3) is 4.32. The minimum atomic E-state index is -0.452. The van der Waals surface area contributed by atoms with E-state index in [1.165, 1.54) is 12.1 Å². The lowest BCUT2D eigenvalue weighted by molar-refractivity contribution is -0.136. The van der Waals surface area contributed by atoms with Crippen molar-refractivity contribution in [2.24, 2.45) is 0 Å². The van der Waals surface area contributed by atoms with Crippen LogP contribution < -0.4 is 4.74 Å². The molecule has 1 aromatic rings. The molecule has 21 heavy (non-hydrogen) atoms. The van der Waals surface area contributed by atoms with E-state index < -0.39 is 5.82 Å². The van der Waals surface area contributed by atoms with Gasteiger partial charge in [0.05, 0.1) is 11.6 Å². The van der Waals surface area contributed by atoms with Gasteiger partial charge in [-0.3, -0.25) is 4.79 Å². The highest BCUT2D eigenvalue weighted by atomic mass is 35.5. The first-order valence-corrected chi connectivity index (χ1v) is 7.48. The van der Waals surface area contributed by atoms with Crippen LogP contribution in [0.1, 0.15) is 25.7 Å². The van der Waals surface area contributed by atoms with Gasteiger partial charge in [-0.2, -0.15) is 0 Å². The number of ether oxygens (including phenoxy) is 1. The molecule has 1 aliphatic rings. The van der Waals surface area contributed by atoms with Crippen LogP contribution in [0, 0.1) is 5.82 Å². The van der Waals surface area contributed by atoms with Crippen molar-refractivity contribution >= 4 is 17.5 Å². The second kappa shape index (κ2) is 7.61. The van der Waals surface area contributed by atoms with E-state index >= 15 is 0 Å². The van der Waals surface area contributed by atoms with E-state index in [0.29, 0.717) is 6.54 Å². The number of hydrogen-bond donors (Lipinski definition) is 1. The molecule has 1 N–H and O–H groups in total. The minimum Gasteiger partial charge on any atom is -0.482 e. The molecule has 1 amide bonds. The van der Waals surface area contributed by atoms with Crippen molar-refractivity contribution < 1.29 is 19.0 Å². The number of carbonyl (C=O) groups is 1. The lowest BCUT2D eigenvalue weighted by atomic mass is 10.2. The number of carbonyl (C=O) groups excluding carboxylic acids is 1. The van der Waals surface area contributed by atoms with Gasteiger partial charge in [0, 0.05) is 12.6 Å². The average molecular weight is 316 g/mol. The van der Waals surface area contributed by atoms with Crippen LogP contribution in [0.25, 0.3) is 0 Å². The minimum absolute atomic E-state index is 0.0699. The number of hydrogen-bond acceptors (Lipinski definition) is 3. The topological polar surface area (TPSA) is 49.8 Å². The van der Waals surface area contributed by atoms with Crippen molar-refractivity contribution in [3.05, 3.63) is 29.0 Å². The lowest BCUT2D eigenvalue weighted by Crippen LogP contribution is -2.43. The standard InChI is InChI=1S/C15H19ClFNO3/c16-13-9-11(17)5-6-14(13)21-10-15(20)18(7-8-19)12-3-1-2-4-12/h5-6,9,12,19H,1-4,7-8,10H2. The normalized spacial score (nSPS) is 15.2. The van der Waals surface area contributed by atoms with Crippen LogP contribution in [0.5, 0.6) is 5.75 Å². The van der Waals surface area contributed by atoms with Crippen LogP contribution >= 0.6 is 11.6 Å². The summed E-state index contributed by atoms with van der Waals surface area (Å²) in [6, 6.07) is 3.95. The summed E-state index contributed by atoms with van der Waals surface area (Å²) in [5.41, 5.74) is 0. The Morgan fingerprint density at radius 3 is 2.76 bits per heavy atom. The molecule has 0 spiro atoms. The zero-order valence-corrected chi connectivity index (χ0v) is 12.5. The molecule has 116 valence electrons. The van der Waals surface area contributed by atoms with Gasteiger partial charge in [0.2, 0.25) is 0 Å². The maximum atomic E-state index is 12.9. The fourth-order valence-corrected chi connectivity index (χ4v) is 2.87. The first-order chi connectivity index (χ1) is 10.1. The zero-order chi connectivity index (χ0) is 15.2. The van der Waals surface area contributed by atoms with Gasteiger partial charge < -0.3 is 14.7 Å². The maximum absolute atomic E-state index is 12.9. The molecular formula is C15H19ClFNO3. The molecule has 0 unspecified atom stereocenters. The molecule has 0 bridgehead atoms. The summed E-state index contributed by atoms with van der Waals surface area (Å²) in [5, 5.41) is 9.24. The van der Waals surface area contributed by atoms with E-state index in [4.69, 9.17) is 21.4 Å². The summed E-state index contributed by atoms with van der Waals surface area (Å²) in [5.74, 6) is -0.357. The van der Waals surface area contributed by atoms with Crippen molar-refractivity contribution in [1.29, 1.82) is 0 Å². The van der Waals surface area contributed by atoms with Crippen LogP contribution in [0.2, 0.25) is 5.02 Å². The van der Waals surface area contributed by atoms with E-state index in [0.717, 1.165) is 31.7 Å². The molecule has 0 atom stereocenters.